The number of hydrogen-bond acceptors (Lipinski definition) is 4. The molecule has 8 heteroatoms. The van der Waals surface area contributed by atoms with Crippen molar-refractivity contribution in [1.29, 1.82) is 0 Å². The number of sulfonamides is 1. The lowest BCUT2D eigenvalue weighted by Gasteiger charge is -2.24. The van der Waals surface area contributed by atoms with Crippen LogP contribution >= 0.6 is 0 Å². The molecule has 126 valence electrons. The van der Waals surface area contributed by atoms with E-state index in [1.165, 1.54) is 11.4 Å². The molecule has 0 fully saturated rings. The van der Waals surface area contributed by atoms with Gasteiger partial charge in [0.2, 0.25) is 21.8 Å². The first-order valence-corrected chi connectivity index (χ1v) is 9.21. The molecule has 1 unspecified atom stereocenters. The lowest BCUT2D eigenvalue weighted by atomic mass is 9.90. The molecule has 0 saturated heterocycles. The number of nitrogens with zero attached hydrogens (tertiary/aromatic N) is 1. The maximum atomic E-state index is 12.3. The summed E-state index contributed by atoms with van der Waals surface area (Å²) in [7, 11) is -1.70. The van der Waals surface area contributed by atoms with E-state index >= 15 is 0 Å². The first kappa shape index (κ1) is 17.4. The Labute approximate surface area is 136 Å². The van der Waals surface area contributed by atoms with Crippen LogP contribution in [0.5, 0.6) is 0 Å². The zero-order valence-corrected chi connectivity index (χ0v) is 14.0. The highest BCUT2D eigenvalue weighted by atomic mass is 32.2. The summed E-state index contributed by atoms with van der Waals surface area (Å²) in [6.07, 6.45) is 1.77. The summed E-state index contributed by atoms with van der Waals surface area (Å²) >= 11 is 0. The van der Waals surface area contributed by atoms with Crippen molar-refractivity contribution in [2.24, 2.45) is 0 Å². The molecule has 0 aromatic heterocycles. The Kier molecular flexibility index (Phi) is 5.38. The number of hydrogen-bond donors (Lipinski definition) is 2. The molecule has 23 heavy (non-hydrogen) atoms. The van der Waals surface area contributed by atoms with Crippen molar-refractivity contribution >= 4 is 27.5 Å². The van der Waals surface area contributed by atoms with Gasteiger partial charge in [0.15, 0.2) is 0 Å². The van der Waals surface area contributed by atoms with E-state index in [1.807, 2.05) is 12.1 Å². The van der Waals surface area contributed by atoms with Crippen LogP contribution in [0.25, 0.3) is 0 Å². The van der Waals surface area contributed by atoms with Crippen LogP contribution in [0.1, 0.15) is 24.3 Å². The molecule has 0 spiro atoms. The van der Waals surface area contributed by atoms with Gasteiger partial charge in [0.05, 0.1) is 12.2 Å². The minimum atomic E-state index is -3.20. The van der Waals surface area contributed by atoms with Crippen molar-refractivity contribution < 1.29 is 18.0 Å². The lowest BCUT2D eigenvalue weighted by Crippen LogP contribution is -2.36. The normalized spacial score (nSPS) is 17.5. The quantitative estimate of drug-likeness (QED) is 0.738. The standard InChI is InChI=1S/C15H21N3O4S/c1-18(23(2,21)22)9-5-8-16-15(20)12-10-14(19)17-13-7-4-3-6-11(12)13/h3-4,6-7,12H,5,8-10H2,1-2H3,(H,16,20)(H,17,19). The van der Waals surface area contributed by atoms with E-state index in [2.05, 4.69) is 10.6 Å². The fraction of sp³-hybridized carbons (Fsp3) is 0.467. The Morgan fingerprint density at radius 3 is 2.78 bits per heavy atom. The number of carbonyl (C=O) groups excluding carboxylic acids is 2. The maximum absolute atomic E-state index is 12.3. The molecule has 7 nitrogen and oxygen atoms in total. The number of anilines is 1. The molecule has 1 heterocycles. The number of fused-ring (bicyclic) bond motifs is 1. The number of benzene rings is 1. The molecule has 1 aromatic carbocycles. The third kappa shape index (κ3) is 4.52. The van der Waals surface area contributed by atoms with Gasteiger partial charge in [0, 0.05) is 32.2 Å². The Bertz CT molecular complexity index is 702. The topological polar surface area (TPSA) is 95.6 Å². The summed E-state index contributed by atoms with van der Waals surface area (Å²) in [4.78, 5) is 24.0. The smallest absolute Gasteiger partial charge is 0.228 e. The van der Waals surface area contributed by atoms with Crippen LogP contribution in [-0.2, 0) is 19.6 Å². The molecular weight excluding hydrogens is 318 g/mol. The van der Waals surface area contributed by atoms with Gasteiger partial charge in [-0.05, 0) is 18.1 Å². The molecular formula is C15H21N3O4S. The van der Waals surface area contributed by atoms with E-state index in [9.17, 15) is 18.0 Å². The minimum Gasteiger partial charge on any atom is -0.356 e. The third-order valence-electron chi connectivity index (χ3n) is 3.83. The molecule has 2 amide bonds. The summed E-state index contributed by atoms with van der Waals surface area (Å²) in [5.41, 5.74) is 1.47. The number of rotatable bonds is 6. The molecule has 0 bridgehead atoms. The van der Waals surface area contributed by atoms with Gasteiger partial charge in [-0.3, -0.25) is 9.59 Å². The minimum absolute atomic E-state index is 0.117. The van der Waals surface area contributed by atoms with E-state index < -0.39 is 15.9 Å². The van der Waals surface area contributed by atoms with Gasteiger partial charge < -0.3 is 10.6 Å². The number of amides is 2. The van der Waals surface area contributed by atoms with Crippen molar-refractivity contribution in [3.8, 4) is 0 Å². The van der Waals surface area contributed by atoms with Crippen molar-refractivity contribution in [2.75, 3.05) is 31.7 Å². The van der Waals surface area contributed by atoms with Gasteiger partial charge in [-0.1, -0.05) is 18.2 Å². The van der Waals surface area contributed by atoms with Gasteiger partial charge in [-0.15, -0.1) is 0 Å². The SMILES string of the molecule is CN(CCCNC(=O)C1CC(=O)Nc2ccccc21)S(C)(=O)=O. The van der Waals surface area contributed by atoms with Crippen molar-refractivity contribution in [2.45, 2.75) is 18.8 Å². The van der Waals surface area contributed by atoms with Crippen LogP contribution in [0, 0.1) is 0 Å². The average molecular weight is 339 g/mol. The van der Waals surface area contributed by atoms with Crippen LogP contribution < -0.4 is 10.6 Å². The first-order chi connectivity index (χ1) is 10.8. The second kappa shape index (κ2) is 7.10. The van der Waals surface area contributed by atoms with Crippen molar-refractivity contribution in [1.82, 2.24) is 9.62 Å². The molecule has 2 N–H and O–H groups in total. The fourth-order valence-electron chi connectivity index (χ4n) is 2.45. The summed E-state index contributed by atoms with van der Waals surface area (Å²) in [5, 5.41) is 5.53. The predicted octanol–water partition coefficient (Wildman–Crippen LogP) is 0.510. The zero-order chi connectivity index (χ0) is 17.0. The maximum Gasteiger partial charge on any atom is 0.228 e. The number of nitrogens with one attached hydrogen (secondary N) is 2. The van der Waals surface area contributed by atoms with Crippen LogP contribution in [0.15, 0.2) is 24.3 Å². The highest BCUT2D eigenvalue weighted by Crippen LogP contribution is 2.31. The molecule has 0 saturated carbocycles. The van der Waals surface area contributed by atoms with Gasteiger partial charge in [-0.2, -0.15) is 0 Å². The molecule has 2 rings (SSSR count). The largest absolute Gasteiger partial charge is 0.356 e. The summed E-state index contributed by atoms with van der Waals surface area (Å²) < 4.78 is 23.8. The third-order valence-corrected chi connectivity index (χ3v) is 5.15. The molecule has 1 atom stereocenters. The summed E-state index contributed by atoms with van der Waals surface area (Å²) in [6, 6.07) is 7.24. The Morgan fingerprint density at radius 1 is 1.39 bits per heavy atom. The van der Waals surface area contributed by atoms with Crippen LogP contribution in [0.2, 0.25) is 0 Å². The molecule has 1 aromatic rings. The number of para-hydroxylation sites is 1. The molecule has 0 radical (unpaired) electrons. The van der Waals surface area contributed by atoms with E-state index in [4.69, 9.17) is 0 Å². The Morgan fingerprint density at radius 2 is 2.09 bits per heavy atom. The fourth-order valence-corrected chi connectivity index (χ4v) is 2.91. The van der Waals surface area contributed by atoms with Gasteiger partial charge in [0.25, 0.3) is 0 Å². The Balaban J connectivity index is 1.90. The van der Waals surface area contributed by atoms with Gasteiger partial charge in [0.1, 0.15) is 0 Å². The first-order valence-electron chi connectivity index (χ1n) is 7.37. The molecule has 1 aliphatic rings. The molecule has 0 aliphatic carbocycles. The van der Waals surface area contributed by atoms with E-state index in [1.54, 1.807) is 12.1 Å². The number of carbonyl (C=O) groups is 2. The highest BCUT2D eigenvalue weighted by molar-refractivity contribution is 7.88. The van der Waals surface area contributed by atoms with E-state index in [-0.39, 0.29) is 18.2 Å². The zero-order valence-electron chi connectivity index (χ0n) is 13.2. The van der Waals surface area contributed by atoms with Crippen molar-refractivity contribution in [3.63, 3.8) is 0 Å². The monoisotopic (exact) mass is 339 g/mol. The highest BCUT2D eigenvalue weighted by Gasteiger charge is 2.30. The summed E-state index contributed by atoms with van der Waals surface area (Å²) in [6.45, 7) is 0.694. The van der Waals surface area contributed by atoms with Crippen LogP contribution in [0.3, 0.4) is 0 Å². The summed E-state index contributed by atoms with van der Waals surface area (Å²) in [5.74, 6) is -0.900. The second-order valence-electron chi connectivity index (χ2n) is 5.62. The molecule has 1 aliphatic heterocycles. The van der Waals surface area contributed by atoms with Crippen LogP contribution in [0.4, 0.5) is 5.69 Å². The van der Waals surface area contributed by atoms with Gasteiger partial charge in [-0.25, -0.2) is 12.7 Å². The van der Waals surface area contributed by atoms with Crippen molar-refractivity contribution in [3.05, 3.63) is 29.8 Å². The van der Waals surface area contributed by atoms with E-state index in [0.717, 1.165) is 11.8 Å². The Hall–Kier alpha value is -1.93. The average Bonchev–Trinajstić information content (AvgIpc) is 2.49. The van der Waals surface area contributed by atoms with Gasteiger partial charge >= 0.3 is 0 Å². The van der Waals surface area contributed by atoms with E-state index in [0.29, 0.717) is 25.2 Å². The van der Waals surface area contributed by atoms with Crippen LogP contribution in [-0.4, -0.2) is 50.9 Å². The predicted molar refractivity (Wildman–Crippen MR) is 87.5 cm³/mol. The lowest BCUT2D eigenvalue weighted by molar-refractivity contribution is -0.126. The second-order valence-corrected chi connectivity index (χ2v) is 7.71.